The molecule has 0 aliphatic carbocycles. The first-order chi connectivity index (χ1) is 16.9. The van der Waals surface area contributed by atoms with Crippen LogP contribution in [0.1, 0.15) is 31.0 Å². The van der Waals surface area contributed by atoms with E-state index in [9.17, 15) is 18.8 Å². The minimum absolute atomic E-state index is 0.0321. The third-order valence-corrected chi connectivity index (χ3v) is 4.96. The molecule has 1 aromatic carbocycles. The van der Waals surface area contributed by atoms with E-state index in [1.54, 1.807) is 36.4 Å². The molecule has 4 rings (SSSR count). The number of nitriles is 1. The number of hydrogen-bond donors (Lipinski definition) is 0. The Morgan fingerprint density at radius 3 is 2.69 bits per heavy atom. The molecule has 1 unspecified atom stereocenters. The highest BCUT2D eigenvalue weighted by molar-refractivity contribution is 5.81. The molecular weight excluding hydrogens is 458 g/mol. The zero-order valence-electron chi connectivity index (χ0n) is 18.9. The van der Waals surface area contributed by atoms with E-state index in [2.05, 4.69) is 20.2 Å². The van der Waals surface area contributed by atoms with Crippen molar-refractivity contribution in [3.63, 3.8) is 0 Å². The van der Waals surface area contributed by atoms with Crippen molar-refractivity contribution < 1.29 is 22.8 Å². The molecule has 4 aromatic rings. The molecule has 11 heteroatoms. The molecule has 0 amide bonds. The number of esters is 1. The summed E-state index contributed by atoms with van der Waals surface area (Å²) in [6, 6.07) is 11.2. The maximum absolute atomic E-state index is 14.5. The highest BCUT2D eigenvalue weighted by Crippen LogP contribution is 2.27. The topological polar surface area (TPSA) is 120 Å². The Labute approximate surface area is 199 Å². The third kappa shape index (κ3) is 5.22. The molecule has 0 radical (unpaired) electrons. The Balaban J connectivity index is 1.73. The molecule has 9 nitrogen and oxygen atoms in total. The lowest BCUT2D eigenvalue weighted by atomic mass is 10.1. The van der Waals surface area contributed by atoms with E-state index in [4.69, 9.17) is 9.26 Å². The van der Waals surface area contributed by atoms with Gasteiger partial charge in [-0.25, -0.2) is 18.7 Å². The highest BCUT2D eigenvalue weighted by Gasteiger charge is 2.28. The zero-order chi connectivity index (χ0) is 24.9. The molecule has 35 heavy (non-hydrogen) atoms. The predicted molar refractivity (Wildman–Crippen MR) is 118 cm³/mol. The second-order valence-corrected chi connectivity index (χ2v) is 8.06. The molecule has 3 heterocycles. The monoisotopic (exact) mass is 478 g/mol. The molecule has 1 atom stereocenters. The van der Waals surface area contributed by atoms with E-state index in [0.29, 0.717) is 17.0 Å². The van der Waals surface area contributed by atoms with E-state index in [-0.39, 0.29) is 30.6 Å². The number of aromatic nitrogens is 5. The van der Waals surface area contributed by atoms with Gasteiger partial charge in [0.25, 0.3) is 0 Å². The molecule has 3 aromatic heterocycles. The maximum atomic E-state index is 14.5. The van der Waals surface area contributed by atoms with Crippen molar-refractivity contribution >= 4 is 5.97 Å². The average Bonchev–Trinajstić information content (AvgIpc) is 3.51. The van der Waals surface area contributed by atoms with Gasteiger partial charge in [-0.2, -0.15) is 10.4 Å². The van der Waals surface area contributed by atoms with Gasteiger partial charge in [0.1, 0.15) is 29.2 Å². The molecule has 0 fully saturated rings. The summed E-state index contributed by atoms with van der Waals surface area (Å²) in [7, 11) is 0. The molecule has 0 aliphatic heterocycles. The third-order valence-electron chi connectivity index (χ3n) is 4.96. The number of benzene rings is 1. The maximum Gasteiger partial charge on any atom is 0.329 e. The highest BCUT2D eigenvalue weighted by atomic mass is 19.1. The van der Waals surface area contributed by atoms with Crippen molar-refractivity contribution in [1.29, 1.82) is 5.26 Å². The summed E-state index contributed by atoms with van der Waals surface area (Å²) < 4.78 is 40.3. The van der Waals surface area contributed by atoms with E-state index >= 15 is 0 Å². The van der Waals surface area contributed by atoms with Crippen molar-refractivity contribution in [2.75, 3.05) is 6.61 Å². The van der Waals surface area contributed by atoms with Crippen molar-refractivity contribution in [1.82, 2.24) is 24.9 Å². The molecule has 0 bridgehead atoms. The van der Waals surface area contributed by atoms with Crippen LogP contribution in [0.4, 0.5) is 8.78 Å². The van der Waals surface area contributed by atoms with Crippen molar-refractivity contribution in [2.45, 2.75) is 26.3 Å². The SMILES string of the molecule is CC(C)COC(=O)C(C#N)c1nc(-c2cc(-c3ccon3)n(Cc3ccccc3F)n2)ncc1F. The van der Waals surface area contributed by atoms with Gasteiger partial charge in [-0.05, 0) is 18.1 Å². The van der Waals surface area contributed by atoms with Crippen LogP contribution in [0, 0.1) is 28.9 Å². The molecule has 0 saturated carbocycles. The molecule has 0 N–H and O–H groups in total. The van der Waals surface area contributed by atoms with Crippen LogP contribution in [0.3, 0.4) is 0 Å². The van der Waals surface area contributed by atoms with Crippen LogP contribution in [-0.2, 0) is 16.1 Å². The van der Waals surface area contributed by atoms with E-state index in [1.165, 1.54) is 17.0 Å². The van der Waals surface area contributed by atoms with Crippen LogP contribution < -0.4 is 0 Å². The molecule has 178 valence electrons. The summed E-state index contributed by atoms with van der Waals surface area (Å²) >= 11 is 0. The van der Waals surface area contributed by atoms with Crippen LogP contribution in [0.5, 0.6) is 0 Å². The molecule has 0 aliphatic rings. The lowest BCUT2D eigenvalue weighted by molar-refractivity contribution is -0.145. The normalized spacial score (nSPS) is 11.9. The van der Waals surface area contributed by atoms with E-state index in [1.807, 2.05) is 13.8 Å². The van der Waals surface area contributed by atoms with Crippen molar-refractivity contribution in [3.05, 3.63) is 71.8 Å². The standard InChI is InChI=1S/C24H20F2N6O3/c1-14(2)13-34-24(33)16(10-27)22-18(26)11-28-23(29-22)20-9-21(19-7-8-35-31-19)32(30-20)12-15-5-3-4-6-17(15)25/h3-9,11,14,16H,12-13H2,1-2H3. The summed E-state index contributed by atoms with van der Waals surface area (Å²) in [5, 5.41) is 17.9. The van der Waals surface area contributed by atoms with Gasteiger partial charge in [-0.1, -0.05) is 37.2 Å². The van der Waals surface area contributed by atoms with Crippen LogP contribution in [0.25, 0.3) is 22.9 Å². The van der Waals surface area contributed by atoms with E-state index in [0.717, 1.165) is 6.20 Å². The summed E-state index contributed by atoms with van der Waals surface area (Å²) in [5.41, 5.74) is 1.06. The Bertz CT molecular complexity index is 1380. The van der Waals surface area contributed by atoms with Crippen LogP contribution >= 0.6 is 0 Å². The van der Waals surface area contributed by atoms with E-state index < -0.39 is 29.2 Å². The number of hydrogen-bond acceptors (Lipinski definition) is 8. The fourth-order valence-corrected chi connectivity index (χ4v) is 3.25. The number of rotatable bonds is 8. The number of ether oxygens (including phenoxy) is 1. The second kappa shape index (κ2) is 10.2. The van der Waals surface area contributed by atoms with Gasteiger partial charge in [0, 0.05) is 11.6 Å². The Hall–Kier alpha value is -4.46. The number of carbonyl (C=O) groups is 1. The van der Waals surface area contributed by atoms with Crippen molar-refractivity contribution in [2.24, 2.45) is 5.92 Å². The number of carbonyl (C=O) groups excluding carboxylic acids is 1. The fraction of sp³-hybridized carbons (Fsp3) is 0.250. The molecule has 0 saturated heterocycles. The van der Waals surface area contributed by atoms with Crippen LogP contribution in [0.15, 0.2) is 53.4 Å². The first-order valence-corrected chi connectivity index (χ1v) is 10.7. The fourth-order valence-electron chi connectivity index (χ4n) is 3.25. The Morgan fingerprint density at radius 1 is 1.20 bits per heavy atom. The quantitative estimate of drug-likeness (QED) is 0.347. The van der Waals surface area contributed by atoms with Gasteiger partial charge < -0.3 is 9.26 Å². The van der Waals surface area contributed by atoms with Gasteiger partial charge >= 0.3 is 5.97 Å². The first-order valence-electron chi connectivity index (χ1n) is 10.7. The molecular formula is C24H20F2N6O3. The predicted octanol–water partition coefficient (Wildman–Crippen LogP) is 4.13. The van der Waals surface area contributed by atoms with Gasteiger partial charge in [-0.3, -0.25) is 9.48 Å². The van der Waals surface area contributed by atoms with Crippen LogP contribution in [-0.4, -0.2) is 37.5 Å². The van der Waals surface area contributed by atoms with Gasteiger partial charge in [0.15, 0.2) is 17.6 Å². The lowest BCUT2D eigenvalue weighted by Crippen LogP contribution is -2.20. The Morgan fingerprint density at radius 2 is 2.00 bits per heavy atom. The average molecular weight is 478 g/mol. The summed E-state index contributed by atoms with van der Waals surface area (Å²) in [6.07, 6.45) is 2.24. The lowest BCUT2D eigenvalue weighted by Gasteiger charge is -2.12. The largest absolute Gasteiger partial charge is 0.464 e. The van der Waals surface area contributed by atoms with Gasteiger partial charge in [-0.15, -0.1) is 0 Å². The summed E-state index contributed by atoms with van der Waals surface area (Å²) in [6.45, 7) is 3.81. The first kappa shape index (κ1) is 23.7. The van der Waals surface area contributed by atoms with Gasteiger partial charge in [0.05, 0.1) is 31.1 Å². The Kier molecular flexibility index (Phi) is 6.91. The zero-order valence-corrected chi connectivity index (χ0v) is 18.9. The molecule has 0 spiro atoms. The number of nitrogens with zero attached hydrogens (tertiary/aromatic N) is 6. The minimum atomic E-state index is -1.58. The number of halogens is 2. The minimum Gasteiger partial charge on any atom is -0.464 e. The smallest absolute Gasteiger partial charge is 0.329 e. The van der Waals surface area contributed by atoms with Gasteiger partial charge in [0.2, 0.25) is 0 Å². The second-order valence-electron chi connectivity index (χ2n) is 8.06. The van der Waals surface area contributed by atoms with Crippen LogP contribution in [0.2, 0.25) is 0 Å². The van der Waals surface area contributed by atoms with Crippen molar-refractivity contribution in [3.8, 4) is 29.0 Å². The summed E-state index contributed by atoms with van der Waals surface area (Å²) in [5.74, 6) is -3.81. The summed E-state index contributed by atoms with van der Waals surface area (Å²) in [4.78, 5) is 20.5.